The molecule has 3 heterocycles. The van der Waals surface area contributed by atoms with Crippen LogP contribution in [-0.4, -0.2) is 18.5 Å². The van der Waals surface area contributed by atoms with Gasteiger partial charge < -0.3 is 28.0 Å². The van der Waals surface area contributed by atoms with Crippen LogP contribution in [0.4, 0.5) is 0 Å². The van der Waals surface area contributed by atoms with E-state index in [2.05, 4.69) is 0 Å². The molecule has 5 rings (SSSR count). The normalized spacial score (nSPS) is 18.3. The number of ether oxygens (including phenoxy) is 4. The first-order valence-corrected chi connectivity index (χ1v) is 8.19. The van der Waals surface area contributed by atoms with Crippen LogP contribution in [0, 0.1) is 0 Å². The van der Waals surface area contributed by atoms with Crippen molar-refractivity contribution in [1.29, 1.82) is 0 Å². The number of hydrogen-bond donors (Lipinski definition) is 1. The Kier molecular flexibility index (Phi) is 2.39. The van der Waals surface area contributed by atoms with Crippen molar-refractivity contribution in [2.24, 2.45) is 0 Å². The molecule has 1 N–H and O–H groups in total. The number of hydrogen-bond acceptors (Lipinski definition) is 7. The minimum Gasteiger partial charge on any atom is -0.454 e. The van der Waals surface area contributed by atoms with Gasteiger partial charge in [-0.05, 0) is 24.3 Å². The van der Waals surface area contributed by atoms with Crippen LogP contribution in [0.2, 0.25) is 0 Å². The average molecular weight is 336 g/mol. The zero-order valence-corrected chi connectivity index (χ0v) is 12.4. The van der Waals surface area contributed by atoms with Crippen molar-refractivity contribution in [2.75, 3.05) is 13.6 Å². The van der Waals surface area contributed by atoms with E-state index in [-0.39, 0.29) is 25.1 Å². The van der Waals surface area contributed by atoms with Gasteiger partial charge in [0, 0.05) is 0 Å². The van der Waals surface area contributed by atoms with Crippen LogP contribution >= 0.6 is 7.82 Å². The van der Waals surface area contributed by atoms with Gasteiger partial charge in [0.15, 0.2) is 23.0 Å². The van der Waals surface area contributed by atoms with Crippen molar-refractivity contribution in [2.45, 2.75) is 0 Å². The molecule has 0 saturated carbocycles. The molecular weight excluding hydrogens is 327 g/mol. The molecular formula is C14H9O8P. The van der Waals surface area contributed by atoms with Gasteiger partial charge in [0.05, 0.1) is 11.1 Å². The third-order valence-electron chi connectivity index (χ3n) is 3.68. The van der Waals surface area contributed by atoms with Crippen LogP contribution in [0.1, 0.15) is 0 Å². The number of phosphoric ester groups is 1. The van der Waals surface area contributed by atoms with Gasteiger partial charge in [-0.1, -0.05) is 0 Å². The smallest absolute Gasteiger partial charge is 0.454 e. The minimum absolute atomic E-state index is 0.0468. The van der Waals surface area contributed by atoms with Crippen LogP contribution in [0.3, 0.4) is 0 Å². The molecule has 9 heteroatoms. The van der Waals surface area contributed by atoms with E-state index in [0.29, 0.717) is 34.1 Å². The highest BCUT2D eigenvalue weighted by Crippen LogP contribution is 2.62. The van der Waals surface area contributed by atoms with Crippen LogP contribution in [-0.2, 0) is 4.57 Å². The summed E-state index contributed by atoms with van der Waals surface area (Å²) >= 11 is 0. The Labute approximate surface area is 129 Å². The lowest BCUT2D eigenvalue weighted by molar-refractivity contribution is 0.173. The van der Waals surface area contributed by atoms with Crippen molar-refractivity contribution in [3.05, 3.63) is 24.3 Å². The number of benzene rings is 2. The fourth-order valence-corrected chi connectivity index (χ4v) is 3.64. The fraction of sp³-hybridized carbons (Fsp3) is 0.143. The van der Waals surface area contributed by atoms with E-state index in [1.165, 1.54) is 12.1 Å². The van der Waals surface area contributed by atoms with Gasteiger partial charge >= 0.3 is 7.82 Å². The third kappa shape index (κ3) is 1.79. The summed E-state index contributed by atoms with van der Waals surface area (Å²) in [7, 11) is -4.34. The molecule has 0 aromatic heterocycles. The summed E-state index contributed by atoms with van der Waals surface area (Å²) in [5.74, 6) is 2.09. The first kappa shape index (κ1) is 12.9. The minimum atomic E-state index is -4.34. The topological polar surface area (TPSA) is 92.7 Å². The molecule has 0 saturated heterocycles. The highest BCUT2D eigenvalue weighted by Gasteiger charge is 2.39. The Bertz CT molecular complexity index is 823. The Hall–Kier alpha value is -2.57. The Morgan fingerprint density at radius 2 is 1.17 bits per heavy atom. The van der Waals surface area contributed by atoms with Gasteiger partial charge in [-0.2, -0.15) is 0 Å². The summed E-state index contributed by atoms with van der Waals surface area (Å²) in [5, 5.41) is 0. The molecule has 0 bridgehead atoms. The maximum absolute atomic E-state index is 12.1. The van der Waals surface area contributed by atoms with E-state index < -0.39 is 7.82 Å². The summed E-state index contributed by atoms with van der Waals surface area (Å²) < 4.78 is 44.2. The van der Waals surface area contributed by atoms with E-state index >= 15 is 0 Å². The van der Waals surface area contributed by atoms with Crippen molar-refractivity contribution in [3.8, 4) is 45.6 Å². The number of fused-ring (bicyclic) bond motifs is 7. The molecule has 2 aromatic rings. The van der Waals surface area contributed by atoms with Gasteiger partial charge in [0.1, 0.15) is 11.5 Å². The zero-order valence-electron chi connectivity index (χ0n) is 11.5. The molecule has 0 amide bonds. The maximum atomic E-state index is 12.1. The maximum Gasteiger partial charge on any atom is 0.584 e. The van der Waals surface area contributed by atoms with Crippen molar-refractivity contribution in [1.82, 2.24) is 0 Å². The summed E-state index contributed by atoms with van der Waals surface area (Å²) in [6, 6.07) is 6.26. The standard InChI is InChI=1S/C14H9O8P/c15-23(16)21-7-1-3-9-13(19-5-17-9)11(7)12-8(22-23)2-4-10-14(12)20-6-18-10/h1-4H,5-6H2,(H,15,16). The summed E-state index contributed by atoms with van der Waals surface area (Å²) in [5.41, 5.74) is 0.869. The highest BCUT2D eigenvalue weighted by atomic mass is 31.2. The molecule has 3 aliphatic rings. The lowest BCUT2D eigenvalue weighted by atomic mass is 10.00. The second-order valence-electron chi connectivity index (χ2n) is 5.00. The quantitative estimate of drug-likeness (QED) is 0.734. The third-order valence-corrected chi connectivity index (χ3v) is 4.53. The van der Waals surface area contributed by atoms with Crippen molar-refractivity contribution in [3.63, 3.8) is 0 Å². The van der Waals surface area contributed by atoms with Crippen molar-refractivity contribution >= 4 is 7.82 Å². The van der Waals surface area contributed by atoms with Crippen LogP contribution < -0.4 is 28.0 Å². The molecule has 0 atom stereocenters. The van der Waals surface area contributed by atoms with E-state index in [9.17, 15) is 9.46 Å². The second kappa shape index (κ2) is 4.24. The molecule has 8 nitrogen and oxygen atoms in total. The first-order chi connectivity index (χ1) is 11.1. The molecule has 3 aliphatic heterocycles. The largest absolute Gasteiger partial charge is 0.584 e. The first-order valence-electron chi connectivity index (χ1n) is 6.70. The van der Waals surface area contributed by atoms with Crippen LogP contribution in [0.5, 0.6) is 34.5 Å². The Morgan fingerprint density at radius 1 is 0.739 bits per heavy atom. The number of phosphoric acid groups is 1. The van der Waals surface area contributed by atoms with Gasteiger partial charge in [0.2, 0.25) is 13.6 Å². The highest BCUT2D eigenvalue weighted by molar-refractivity contribution is 7.48. The second-order valence-corrected chi connectivity index (χ2v) is 6.30. The van der Waals surface area contributed by atoms with Crippen molar-refractivity contribution < 1.29 is 37.5 Å². The predicted octanol–water partition coefficient (Wildman–Crippen LogP) is 2.68. The van der Waals surface area contributed by atoms with Gasteiger partial charge in [0.25, 0.3) is 0 Å². The summed E-state index contributed by atoms with van der Waals surface area (Å²) in [6.45, 7) is 0.0935. The molecule has 0 fully saturated rings. The molecule has 0 unspecified atom stereocenters. The SMILES string of the molecule is O=P1(O)Oc2ccc3c(c2-c2c(ccc4c2OCO4)O1)OCO3. The Balaban J connectivity index is 1.90. The molecule has 0 radical (unpaired) electrons. The Morgan fingerprint density at radius 3 is 1.65 bits per heavy atom. The molecule has 2 aromatic carbocycles. The lowest BCUT2D eigenvalue weighted by Gasteiger charge is -2.11. The van der Waals surface area contributed by atoms with E-state index in [4.69, 9.17) is 28.0 Å². The summed E-state index contributed by atoms with van der Waals surface area (Å²) in [4.78, 5) is 9.91. The van der Waals surface area contributed by atoms with Crippen LogP contribution in [0.15, 0.2) is 24.3 Å². The van der Waals surface area contributed by atoms with Crippen LogP contribution in [0.25, 0.3) is 11.1 Å². The zero-order chi connectivity index (χ0) is 15.6. The predicted molar refractivity (Wildman–Crippen MR) is 75.2 cm³/mol. The average Bonchev–Trinajstić information content (AvgIpc) is 3.13. The summed E-state index contributed by atoms with van der Waals surface area (Å²) in [6.07, 6.45) is 0. The van der Waals surface area contributed by atoms with E-state index in [1.807, 2.05) is 0 Å². The monoisotopic (exact) mass is 336 g/mol. The van der Waals surface area contributed by atoms with E-state index in [1.54, 1.807) is 12.1 Å². The molecule has 118 valence electrons. The molecule has 0 spiro atoms. The number of rotatable bonds is 0. The van der Waals surface area contributed by atoms with Gasteiger partial charge in [-0.3, -0.25) is 4.89 Å². The lowest BCUT2D eigenvalue weighted by Crippen LogP contribution is -1.97. The molecule has 0 aliphatic carbocycles. The fourth-order valence-electron chi connectivity index (χ4n) is 2.80. The van der Waals surface area contributed by atoms with E-state index in [0.717, 1.165) is 0 Å². The molecule has 23 heavy (non-hydrogen) atoms. The van der Waals surface area contributed by atoms with Gasteiger partial charge in [-0.25, -0.2) is 4.57 Å². The van der Waals surface area contributed by atoms with Gasteiger partial charge in [-0.15, -0.1) is 0 Å².